The van der Waals surface area contributed by atoms with Crippen molar-refractivity contribution in [1.29, 1.82) is 0 Å². The number of ether oxygens (including phenoxy) is 1. The highest BCUT2D eigenvalue weighted by atomic mass is 35.5. The number of piperidine rings is 1. The molecule has 9 heteroatoms. The molecule has 1 saturated heterocycles. The number of rotatable bonds is 4. The summed E-state index contributed by atoms with van der Waals surface area (Å²) in [6.45, 7) is 6.09. The molecule has 1 heterocycles. The minimum Gasteiger partial charge on any atom is -0.444 e. The largest absolute Gasteiger partial charge is 0.444 e. The van der Waals surface area contributed by atoms with Crippen LogP contribution in [0.5, 0.6) is 0 Å². The van der Waals surface area contributed by atoms with Crippen molar-refractivity contribution in [3.05, 3.63) is 33.8 Å². The fraction of sp³-hybridized carbons (Fsp3) is 0.588. The van der Waals surface area contributed by atoms with Crippen molar-refractivity contribution in [3.63, 3.8) is 0 Å². The minimum atomic E-state index is -3.46. The monoisotopic (exact) mass is 422 g/mol. The van der Waals surface area contributed by atoms with Gasteiger partial charge in [0.1, 0.15) is 5.60 Å². The molecule has 0 aromatic heterocycles. The molecular weight excluding hydrogens is 399 g/mol. The Morgan fingerprint density at radius 1 is 1.23 bits per heavy atom. The van der Waals surface area contributed by atoms with E-state index in [-0.39, 0.29) is 11.8 Å². The van der Waals surface area contributed by atoms with E-state index in [1.807, 2.05) is 0 Å². The molecule has 1 N–H and O–H groups in total. The molecule has 6 nitrogen and oxygen atoms in total. The second-order valence-corrected chi connectivity index (χ2v) is 10.1. The minimum absolute atomic E-state index is 0.0960. The number of carbonyl (C=O) groups excluding carboxylic acids is 1. The number of halogens is 2. The Bertz CT molecular complexity index is 755. The molecule has 1 aliphatic rings. The van der Waals surface area contributed by atoms with Gasteiger partial charge in [0.15, 0.2) is 0 Å². The van der Waals surface area contributed by atoms with Gasteiger partial charge in [0.05, 0.1) is 15.8 Å². The molecule has 0 unspecified atom stereocenters. The summed E-state index contributed by atoms with van der Waals surface area (Å²) in [4.78, 5) is 11.8. The molecule has 0 bridgehead atoms. The summed E-state index contributed by atoms with van der Waals surface area (Å²) in [5, 5.41) is 3.52. The second-order valence-electron chi connectivity index (χ2n) is 7.32. The Hall–Kier alpha value is -1.02. The van der Waals surface area contributed by atoms with E-state index in [0.29, 0.717) is 41.5 Å². The molecule has 1 fully saturated rings. The van der Waals surface area contributed by atoms with Crippen molar-refractivity contribution in [3.8, 4) is 0 Å². The van der Waals surface area contributed by atoms with Crippen LogP contribution in [0.2, 0.25) is 10.0 Å². The third-order valence-corrected chi connectivity index (χ3v) is 6.49. The van der Waals surface area contributed by atoms with Crippen molar-refractivity contribution in [2.45, 2.75) is 51.0 Å². The van der Waals surface area contributed by atoms with Gasteiger partial charge in [0, 0.05) is 19.1 Å². The maximum atomic E-state index is 12.6. The van der Waals surface area contributed by atoms with Crippen molar-refractivity contribution in [2.24, 2.45) is 0 Å². The van der Waals surface area contributed by atoms with E-state index in [4.69, 9.17) is 27.9 Å². The summed E-state index contributed by atoms with van der Waals surface area (Å²) in [6, 6.07) is 4.72. The van der Waals surface area contributed by atoms with Gasteiger partial charge in [-0.05, 0) is 51.3 Å². The third-order valence-electron chi connectivity index (χ3n) is 3.90. The van der Waals surface area contributed by atoms with Gasteiger partial charge < -0.3 is 10.1 Å². The van der Waals surface area contributed by atoms with Crippen LogP contribution in [0.1, 0.15) is 39.2 Å². The predicted molar refractivity (Wildman–Crippen MR) is 103 cm³/mol. The first-order valence-corrected chi connectivity index (χ1v) is 10.7. The molecule has 0 aliphatic carbocycles. The topological polar surface area (TPSA) is 75.7 Å². The van der Waals surface area contributed by atoms with E-state index < -0.39 is 21.7 Å². The van der Waals surface area contributed by atoms with Crippen LogP contribution in [0.25, 0.3) is 0 Å². The summed E-state index contributed by atoms with van der Waals surface area (Å²) in [6.07, 6.45) is 0.606. The van der Waals surface area contributed by atoms with E-state index in [1.54, 1.807) is 39.0 Å². The van der Waals surface area contributed by atoms with Crippen LogP contribution in [0.4, 0.5) is 4.79 Å². The molecule has 1 amide bonds. The average molecular weight is 423 g/mol. The van der Waals surface area contributed by atoms with Gasteiger partial charge in [0.25, 0.3) is 0 Å². The highest BCUT2D eigenvalue weighted by Crippen LogP contribution is 2.25. The number of benzene rings is 1. The van der Waals surface area contributed by atoms with Crippen LogP contribution in [-0.4, -0.2) is 43.5 Å². The SMILES string of the molecule is CC(C)(C)OC(=O)NC1CCN(S(=O)(=O)Cc2ccc(Cl)c(Cl)c2)CC1. The summed E-state index contributed by atoms with van der Waals surface area (Å²) in [7, 11) is -3.46. The Labute approximate surface area is 164 Å². The number of hydrogen-bond donors (Lipinski definition) is 1. The highest BCUT2D eigenvalue weighted by Gasteiger charge is 2.29. The van der Waals surface area contributed by atoms with Crippen LogP contribution in [-0.2, 0) is 20.5 Å². The van der Waals surface area contributed by atoms with Gasteiger partial charge in [-0.3, -0.25) is 0 Å². The number of nitrogens with one attached hydrogen (secondary N) is 1. The van der Waals surface area contributed by atoms with Crippen LogP contribution < -0.4 is 5.32 Å². The number of carbonyl (C=O) groups is 1. The zero-order valence-corrected chi connectivity index (χ0v) is 17.4. The zero-order valence-electron chi connectivity index (χ0n) is 15.1. The Morgan fingerprint density at radius 3 is 2.38 bits per heavy atom. The molecule has 1 aliphatic heterocycles. The Balaban J connectivity index is 1.89. The van der Waals surface area contributed by atoms with E-state index in [9.17, 15) is 13.2 Å². The predicted octanol–water partition coefficient (Wildman–Crippen LogP) is 3.81. The van der Waals surface area contributed by atoms with Gasteiger partial charge in [-0.25, -0.2) is 17.5 Å². The molecular formula is C17H24Cl2N2O4S. The lowest BCUT2D eigenvalue weighted by Crippen LogP contribution is -2.47. The first-order valence-electron chi connectivity index (χ1n) is 8.37. The van der Waals surface area contributed by atoms with E-state index in [1.165, 1.54) is 4.31 Å². The smallest absolute Gasteiger partial charge is 0.407 e. The molecule has 2 rings (SSSR count). The maximum absolute atomic E-state index is 12.6. The molecule has 0 atom stereocenters. The first kappa shape index (κ1) is 21.3. The summed E-state index contributed by atoms with van der Waals surface area (Å²) < 4.78 is 31.9. The molecule has 146 valence electrons. The zero-order chi connectivity index (χ0) is 19.5. The lowest BCUT2D eigenvalue weighted by atomic mass is 10.1. The average Bonchev–Trinajstić information content (AvgIpc) is 2.49. The lowest BCUT2D eigenvalue weighted by molar-refractivity contribution is 0.0489. The number of hydrogen-bond acceptors (Lipinski definition) is 4. The highest BCUT2D eigenvalue weighted by molar-refractivity contribution is 7.88. The number of amides is 1. The Morgan fingerprint density at radius 2 is 1.85 bits per heavy atom. The van der Waals surface area contributed by atoms with Gasteiger partial charge >= 0.3 is 6.09 Å². The second kappa shape index (κ2) is 8.33. The van der Waals surface area contributed by atoms with Crippen molar-refractivity contribution in [2.75, 3.05) is 13.1 Å². The Kier molecular flexibility index (Phi) is 6.82. The van der Waals surface area contributed by atoms with Crippen LogP contribution >= 0.6 is 23.2 Å². The van der Waals surface area contributed by atoms with Gasteiger partial charge in [0.2, 0.25) is 10.0 Å². The number of nitrogens with zero attached hydrogens (tertiary/aromatic N) is 1. The maximum Gasteiger partial charge on any atom is 0.407 e. The van der Waals surface area contributed by atoms with E-state index in [2.05, 4.69) is 5.32 Å². The fourth-order valence-corrected chi connectivity index (χ4v) is 4.56. The first-order chi connectivity index (χ1) is 12.0. The summed E-state index contributed by atoms with van der Waals surface area (Å²) >= 11 is 11.8. The van der Waals surface area contributed by atoms with Crippen LogP contribution in [0.3, 0.4) is 0 Å². The molecule has 0 spiro atoms. The normalized spacial score (nSPS) is 17.1. The van der Waals surface area contributed by atoms with E-state index >= 15 is 0 Å². The van der Waals surface area contributed by atoms with Crippen LogP contribution in [0.15, 0.2) is 18.2 Å². The molecule has 1 aromatic rings. The molecule has 26 heavy (non-hydrogen) atoms. The van der Waals surface area contributed by atoms with Crippen molar-refractivity contribution in [1.82, 2.24) is 9.62 Å². The number of sulfonamides is 1. The van der Waals surface area contributed by atoms with Gasteiger partial charge in [-0.2, -0.15) is 0 Å². The van der Waals surface area contributed by atoms with Crippen molar-refractivity contribution >= 4 is 39.3 Å². The summed E-state index contributed by atoms with van der Waals surface area (Å²) in [5.74, 6) is -0.131. The molecule has 1 aromatic carbocycles. The summed E-state index contributed by atoms with van der Waals surface area (Å²) in [5.41, 5.74) is 0.0296. The quantitative estimate of drug-likeness (QED) is 0.799. The van der Waals surface area contributed by atoms with Gasteiger partial charge in [-0.15, -0.1) is 0 Å². The molecule has 0 radical (unpaired) electrons. The lowest BCUT2D eigenvalue weighted by Gasteiger charge is -2.32. The molecule has 0 saturated carbocycles. The third kappa shape index (κ3) is 6.30. The standard InChI is InChI=1S/C17H24Cl2N2O4S/c1-17(2,3)25-16(22)20-13-6-8-21(9-7-13)26(23,24)11-12-4-5-14(18)15(19)10-12/h4-5,10,13H,6-9,11H2,1-3H3,(H,20,22). The van der Waals surface area contributed by atoms with E-state index in [0.717, 1.165) is 0 Å². The fourth-order valence-electron chi connectivity index (χ4n) is 2.68. The van der Waals surface area contributed by atoms with Crippen LogP contribution in [0, 0.1) is 0 Å². The number of alkyl carbamates (subject to hydrolysis) is 1. The van der Waals surface area contributed by atoms with Crippen molar-refractivity contribution < 1.29 is 17.9 Å². The van der Waals surface area contributed by atoms with Gasteiger partial charge in [-0.1, -0.05) is 29.3 Å².